The number of benzene rings is 3. The van der Waals surface area contributed by atoms with E-state index in [1.165, 1.54) is 7.11 Å². The normalized spacial score (nSPS) is 11.8. The van der Waals surface area contributed by atoms with Gasteiger partial charge in [0.05, 0.1) is 33.5 Å². The number of esters is 1. The van der Waals surface area contributed by atoms with Crippen molar-refractivity contribution in [2.24, 2.45) is 5.73 Å². The van der Waals surface area contributed by atoms with Gasteiger partial charge in [-0.2, -0.15) is 0 Å². The number of rotatable bonds is 9. The molecule has 29 heavy (non-hydrogen) atoms. The minimum atomic E-state index is -0.474. The Balaban J connectivity index is 1.72. The smallest absolute Gasteiger partial charge is 0.341 e. The van der Waals surface area contributed by atoms with E-state index in [0.717, 1.165) is 16.3 Å². The van der Waals surface area contributed by atoms with Crippen LogP contribution in [0.3, 0.4) is 0 Å². The van der Waals surface area contributed by atoms with Gasteiger partial charge in [0.1, 0.15) is 23.7 Å². The van der Waals surface area contributed by atoms with Gasteiger partial charge in [0.15, 0.2) is 0 Å². The van der Waals surface area contributed by atoms with Crippen LogP contribution in [0.25, 0.3) is 10.8 Å². The Labute approximate surface area is 170 Å². The molecule has 152 valence electrons. The van der Waals surface area contributed by atoms with E-state index in [9.17, 15) is 4.79 Å². The number of carbonyl (C=O) groups excluding carboxylic acids is 1. The van der Waals surface area contributed by atoms with Crippen LogP contribution in [0.2, 0.25) is 0 Å². The molecule has 0 aliphatic carbocycles. The molecule has 0 amide bonds. The lowest BCUT2D eigenvalue weighted by Gasteiger charge is -2.17. The lowest BCUT2D eigenvalue weighted by molar-refractivity contribution is 0.0594. The molecule has 0 aliphatic heterocycles. The fourth-order valence-electron chi connectivity index (χ4n) is 2.97. The summed E-state index contributed by atoms with van der Waals surface area (Å²) in [5.41, 5.74) is 7.57. The zero-order chi connectivity index (χ0) is 20.6. The molecule has 0 fully saturated rings. The van der Waals surface area contributed by atoms with Crippen LogP contribution in [-0.4, -0.2) is 39.4 Å². The molecule has 0 radical (unpaired) electrons. The second kappa shape index (κ2) is 9.91. The van der Waals surface area contributed by atoms with Crippen molar-refractivity contribution in [3.05, 3.63) is 71.8 Å². The van der Waals surface area contributed by atoms with E-state index in [2.05, 4.69) is 0 Å². The van der Waals surface area contributed by atoms with E-state index in [-0.39, 0.29) is 12.6 Å². The van der Waals surface area contributed by atoms with E-state index >= 15 is 0 Å². The summed E-state index contributed by atoms with van der Waals surface area (Å²) in [5.74, 6) is 0.616. The van der Waals surface area contributed by atoms with Crippen molar-refractivity contribution in [3.8, 4) is 11.5 Å². The fourth-order valence-corrected chi connectivity index (χ4v) is 2.97. The van der Waals surface area contributed by atoms with Gasteiger partial charge in [0.2, 0.25) is 0 Å². The van der Waals surface area contributed by atoms with Crippen LogP contribution >= 0.6 is 0 Å². The SMILES string of the molecule is COC(=O)c1ccc2ccc(OC)cc2c1OCC(N)COCc1ccccc1. The van der Waals surface area contributed by atoms with Crippen molar-refractivity contribution >= 4 is 16.7 Å². The first-order valence-corrected chi connectivity index (χ1v) is 9.31. The molecule has 0 bridgehead atoms. The second-order valence-electron chi connectivity index (χ2n) is 6.59. The van der Waals surface area contributed by atoms with E-state index in [4.69, 9.17) is 24.7 Å². The third kappa shape index (κ3) is 5.25. The van der Waals surface area contributed by atoms with Crippen molar-refractivity contribution in [2.75, 3.05) is 27.4 Å². The maximum Gasteiger partial charge on any atom is 0.341 e. The van der Waals surface area contributed by atoms with Gasteiger partial charge in [-0.1, -0.05) is 42.5 Å². The van der Waals surface area contributed by atoms with Crippen LogP contribution in [0.1, 0.15) is 15.9 Å². The quantitative estimate of drug-likeness (QED) is 0.558. The van der Waals surface area contributed by atoms with Gasteiger partial charge in [0, 0.05) is 5.39 Å². The van der Waals surface area contributed by atoms with Crippen molar-refractivity contribution in [3.63, 3.8) is 0 Å². The molecule has 3 rings (SSSR count). The second-order valence-corrected chi connectivity index (χ2v) is 6.59. The van der Waals surface area contributed by atoms with Gasteiger partial charge >= 0.3 is 5.97 Å². The molecule has 0 aliphatic rings. The Hall–Kier alpha value is -3.09. The topological polar surface area (TPSA) is 80.0 Å². The van der Waals surface area contributed by atoms with Crippen molar-refractivity contribution in [2.45, 2.75) is 12.6 Å². The summed E-state index contributed by atoms with van der Waals surface area (Å²) in [7, 11) is 2.93. The summed E-state index contributed by atoms with van der Waals surface area (Å²) < 4.78 is 21.9. The molecule has 0 heterocycles. The Kier molecular flexibility index (Phi) is 7.05. The Bertz CT molecular complexity index is 958. The summed E-state index contributed by atoms with van der Waals surface area (Å²) in [4.78, 5) is 12.2. The van der Waals surface area contributed by atoms with Crippen molar-refractivity contribution in [1.82, 2.24) is 0 Å². The lowest BCUT2D eigenvalue weighted by Crippen LogP contribution is -2.33. The standard InChI is InChI=1S/C23H25NO5/c1-26-19-10-8-17-9-11-20(23(25)27-2)22(21(17)12-19)29-15-18(24)14-28-13-16-6-4-3-5-7-16/h3-12,18H,13-15,24H2,1-2H3. The number of nitrogens with two attached hydrogens (primary N) is 1. The van der Waals surface area contributed by atoms with Crippen LogP contribution in [0.5, 0.6) is 11.5 Å². The van der Waals surface area contributed by atoms with Crippen LogP contribution in [0.4, 0.5) is 0 Å². The summed E-state index contributed by atoms with van der Waals surface area (Å²) in [6.45, 7) is 0.999. The third-order valence-corrected chi connectivity index (χ3v) is 4.47. The minimum absolute atomic E-state index is 0.190. The number of carbonyl (C=O) groups is 1. The van der Waals surface area contributed by atoms with Gasteiger partial charge in [-0.05, 0) is 29.1 Å². The molecule has 0 saturated heterocycles. The molecule has 1 unspecified atom stereocenters. The monoisotopic (exact) mass is 395 g/mol. The molecule has 0 saturated carbocycles. The number of fused-ring (bicyclic) bond motifs is 1. The maximum absolute atomic E-state index is 12.2. The van der Waals surface area contributed by atoms with E-state index < -0.39 is 5.97 Å². The maximum atomic E-state index is 12.2. The van der Waals surface area contributed by atoms with Crippen LogP contribution in [0.15, 0.2) is 60.7 Å². The third-order valence-electron chi connectivity index (χ3n) is 4.47. The first-order chi connectivity index (χ1) is 14.1. The van der Waals surface area contributed by atoms with Crippen molar-refractivity contribution in [1.29, 1.82) is 0 Å². The Morgan fingerprint density at radius 2 is 1.76 bits per heavy atom. The molecule has 2 N–H and O–H groups in total. The summed E-state index contributed by atoms with van der Waals surface area (Å²) in [5, 5.41) is 1.67. The molecule has 3 aromatic carbocycles. The fraction of sp³-hybridized carbons (Fsp3) is 0.261. The number of hydrogen-bond donors (Lipinski definition) is 1. The van der Waals surface area contributed by atoms with E-state index in [1.54, 1.807) is 13.2 Å². The summed E-state index contributed by atoms with van der Waals surface area (Å²) >= 11 is 0. The highest BCUT2D eigenvalue weighted by Gasteiger charge is 2.18. The highest BCUT2D eigenvalue weighted by atomic mass is 16.5. The first kappa shape index (κ1) is 20.6. The largest absolute Gasteiger partial charge is 0.497 e. The van der Waals surface area contributed by atoms with Crippen molar-refractivity contribution < 1.29 is 23.7 Å². The Morgan fingerprint density at radius 1 is 1.00 bits per heavy atom. The van der Waals surface area contributed by atoms with Crippen LogP contribution in [0, 0.1) is 0 Å². The zero-order valence-corrected chi connectivity index (χ0v) is 16.6. The molecule has 6 heteroatoms. The average molecular weight is 395 g/mol. The number of hydrogen-bond acceptors (Lipinski definition) is 6. The van der Waals surface area contributed by atoms with Crippen LogP contribution < -0.4 is 15.2 Å². The molecule has 1 atom stereocenters. The average Bonchev–Trinajstić information content (AvgIpc) is 2.77. The van der Waals surface area contributed by atoms with Gasteiger partial charge in [-0.3, -0.25) is 0 Å². The summed E-state index contributed by atoms with van der Waals surface area (Å²) in [6, 6.07) is 18.6. The predicted molar refractivity (Wildman–Crippen MR) is 111 cm³/mol. The molecular formula is C23H25NO5. The number of ether oxygens (including phenoxy) is 4. The van der Waals surface area contributed by atoms with Gasteiger partial charge in [-0.25, -0.2) is 4.79 Å². The highest BCUT2D eigenvalue weighted by molar-refractivity contribution is 6.01. The van der Waals surface area contributed by atoms with E-state index in [0.29, 0.717) is 30.3 Å². The summed E-state index contributed by atoms with van der Waals surface area (Å²) in [6.07, 6.45) is 0. The predicted octanol–water partition coefficient (Wildman–Crippen LogP) is 3.56. The van der Waals surface area contributed by atoms with Gasteiger partial charge in [-0.15, -0.1) is 0 Å². The number of methoxy groups -OCH3 is 2. The van der Waals surface area contributed by atoms with Gasteiger partial charge < -0.3 is 24.7 Å². The van der Waals surface area contributed by atoms with Crippen LogP contribution in [-0.2, 0) is 16.1 Å². The molecule has 0 spiro atoms. The first-order valence-electron chi connectivity index (χ1n) is 9.31. The molecule has 0 aromatic heterocycles. The molecule has 6 nitrogen and oxygen atoms in total. The highest BCUT2D eigenvalue weighted by Crippen LogP contribution is 2.33. The molecule has 3 aromatic rings. The lowest BCUT2D eigenvalue weighted by atomic mass is 10.0. The molecular weight excluding hydrogens is 370 g/mol. The van der Waals surface area contributed by atoms with E-state index in [1.807, 2.05) is 54.6 Å². The Morgan fingerprint density at radius 3 is 2.48 bits per heavy atom. The zero-order valence-electron chi connectivity index (χ0n) is 16.6. The minimum Gasteiger partial charge on any atom is -0.497 e. The van der Waals surface area contributed by atoms with Gasteiger partial charge in [0.25, 0.3) is 0 Å².